The molecule has 0 fully saturated rings. The largest absolute Gasteiger partial charge is 0.477 e. The normalized spacial score (nSPS) is 12.9. The minimum atomic E-state index is -0.289. The van der Waals surface area contributed by atoms with Crippen molar-refractivity contribution in [2.24, 2.45) is 0 Å². The SMILES string of the molecule is N#Cc1cccc(NC(=O)c2cnn3c2OCCC3)c1. The van der Waals surface area contributed by atoms with E-state index in [4.69, 9.17) is 10.00 Å². The molecule has 1 aromatic heterocycles. The Kier molecular flexibility index (Phi) is 3.09. The first-order chi connectivity index (χ1) is 9.78. The predicted octanol–water partition coefficient (Wildman–Crippen LogP) is 1.79. The molecule has 100 valence electrons. The fraction of sp³-hybridized carbons (Fsp3) is 0.214. The van der Waals surface area contributed by atoms with E-state index < -0.39 is 0 Å². The van der Waals surface area contributed by atoms with Crippen molar-refractivity contribution in [1.29, 1.82) is 5.26 Å². The monoisotopic (exact) mass is 268 g/mol. The molecule has 6 nitrogen and oxygen atoms in total. The zero-order chi connectivity index (χ0) is 13.9. The number of carbonyl (C=O) groups excluding carboxylic acids is 1. The second-order valence-electron chi connectivity index (χ2n) is 4.44. The van der Waals surface area contributed by atoms with E-state index in [-0.39, 0.29) is 5.91 Å². The molecule has 1 N–H and O–H groups in total. The Morgan fingerprint density at radius 2 is 2.40 bits per heavy atom. The smallest absolute Gasteiger partial charge is 0.262 e. The predicted molar refractivity (Wildman–Crippen MR) is 71.4 cm³/mol. The lowest BCUT2D eigenvalue weighted by Crippen LogP contribution is -2.18. The maximum Gasteiger partial charge on any atom is 0.262 e. The van der Waals surface area contributed by atoms with Crippen LogP contribution in [0, 0.1) is 11.3 Å². The minimum absolute atomic E-state index is 0.289. The molecule has 1 aromatic carbocycles. The summed E-state index contributed by atoms with van der Waals surface area (Å²) >= 11 is 0. The van der Waals surface area contributed by atoms with Gasteiger partial charge in [-0.05, 0) is 18.2 Å². The number of nitrogens with zero attached hydrogens (tertiary/aromatic N) is 3. The molecule has 0 bridgehead atoms. The van der Waals surface area contributed by atoms with Gasteiger partial charge in [-0.25, -0.2) is 4.68 Å². The molecule has 0 atom stereocenters. The van der Waals surface area contributed by atoms with Crippen LogP contribution in [0.4, 0.5) is 5.69 Å². The lowest BCUT2D eigenvalue weighted by atomic mass is 10.2. The van der Waals surface area contributed by atoms with Crippen LogP contribution in [0.2, 0.25) is 0 Å². The Labute approximate surface area is 115 Å². The first-order valence-corrected chi connectivity index (χ1v) is 6.28. The highest BCUT2D eigenvalue weighted by atomic mass is 16.5. The van der Waals surface area contributed by atoms with Crippen LogP contribution in [0.5, 0.6) is 5.88 Å². The summed E-state index contributed by atoms with van der Waals surface area (Å²) in [5, 5.41) is 15.7. The van der Waals surface area contributed by atoms with Crippen molar-refractivity contribution in [2.75, 3.05) is 11.9 Å². The van der Waals surface area contributed by atoms with Crippen LogP contribution < -0.4 is 10.1 Å². The molecule has 20 heavy (non-hydrogen) atoms. The van der Waals surface area contributed by atoms with Gasteiger partial charge in [0.1, 0.15) is 5.56 Å². The van der Waals surface area contributed by atoms with Crippen molar-refractivity contribution in [3.63, 3.8) is 0 Å². The van der Waals surface area contributed by atoms with E-state index in [0.717, 1.165) is 13.0 Å². The quantitative estimate of drug-likeness (QED) is 0.900. The summed E-state index contributed by atoms with van der Waals surface area (Å²) in [6.07, 6.45) is 2.39. The third kappa shape index (κ3) is 2.21. The number of aryl methyl sites for hydroxylation is 1. The van der Waals surface area contributed by atoms with Crippen LogP contribution in [0.3, 0.4) is 0 Å². The van der Waals surface area contributed by atoms with E-state index in [1.54, 1.807) is 28.9 Å². The number of rotatable bonds is 2. The van der Waals surface area contributed by atoms with Gasteiger partial charge in [0, 0.05) is 18.7 Å². The minimum Gasteiger partial charge on any atom is -0.477 e. The second-order valence-corrected chi connectivity index (χ2v) is 4.44. The summed E-state index contributed by atoms with van der Waals surface area (Å²) in [6, 6.07) is 8.79. The van der Waals surface area contributed by atoms with E-state index in [1.807, 2.05) is 6.07 Å². The topological polar surface area (TPSA) is 79.9 Å². The third-order valence-corrected chi connectivity index (χ3v) is 3.04. The number of amides is 1. The molecule has 1 aliphatic rings. The van der Waals surface area contributed by atoms with E-state index in [9.17, 15) is 4.79 Å². The van der Waals surface area contributed by atoms with Gasteiger partial charge in [0.15, 0.2) is 0 Å². The molecule has 0 spiro atoms. The van der Waals surface area contributed by atoms with Crippen LogP contribution in [0.1, 0.15) is 22.3 Å². The number of carbonyl (C=O) groups is 1. The molecule has 3 rings (SSSR count). The van der Waals surface area contributed by atoms with Crippen molar-refractivity contribution in [1.82, 2.24) is 9.78 Å². The molecular formula is C14H12N4O2. The average Bonchev–Trinajstić information content (AvgIpc) is 2.91. The van der Waals surface area contributed by atoms with Crippen LogP contribution in [0.25, 0.3) is 0 Å². The van der Waals surface area contributed by atoms with Crippen LogP contribution in [-0.2, 0) is 6.54 Å². The lowest BCUT2D eigenvalue weighted by molar-refractivity contribution is 0.102. The summed E-state index contributed by atoms with van der Waals surface area (Å²) < 4.78 is 7.17. The van der Waals surface area contributed by atoms with Gasteiger partial charge in [-0.15, -0.1) is 0 Å². The standard InChI is InChI=1S/C14H12N4O2/c15-8-10-3-1-4-11(7-10)17-13(19)12-9-16-18-5-2-6-20-14(12)18/h1,3-4,7,9H,2,5-6H2,(H,17,19). The van der Waals surface area contributed by atoms with Crippen molar-refractivity contribution < 1.29 is 9.53 Å². The number of anilines is 1. The molecular weight excluding hydrogens is 256 g/mol. The van der Waals surface area contributed by atoms with Gasteiger partial charge in [0.25, 0.3) is 5.91 Å². The summed E-state index contributed by atoms with van der Waals surface area (Å²) in [7, 11) is 0. The molecule has 2 aromatic rings. The lowest BCUT2D eigenvalue weighted by Gasteiger charge is -2.15. The van der Waals surface area contributed by atoms with Gasteiger partial charge in [-0.1, -0.05) is 6.07 Å². The van der Waals surface area contributed by atoms with E-state index >= 15 is 0 Å². The van der Waals surface area contributed by atoms with Crippen molar-refractivity contribution in [2.45, 2.75) is 13.0 Å². The highest BCUT2D eigenvalue weighted by Crippen LogP contribution is 2.23. The zero-order valence-electron chi connectivity index (χ0n) is 10.7. The van der Waals surface area contributed by atoms with E-state index in [2.05, 4.69) is 10.4 Å². The fourth-order valence-corrected chi connectivity index (χ4v) is 2.09. The summed E-state index contributed by atoms with van der Waals surface area (Å²) in [4.78, 5) is 12.2. The first-order valence-electron chi connectivity index (χ1n) is 6.28. The van der Waals surface area contributed by atoms with Gasteiger partial charge >= 0.3 is 0 Å². The van der Waals surface area contributed by atoms with E-state index in [0.29, 0.717) is 29.3 Å². The Morgan fingerprint density at radius 1 is 1.50 bits per heavy atom. The molecule has 0 saturated heterocycles. The number of nitriles is 1. The molecule has 6 heteroatoms. The van der Waals surface area contributed by atoms with Crippen LogP contribution in [-0.4, -0.2) is 22.3 Å². The Morgan fingerprint density at radius 3 is 3.25 bits per heavy atom. The Bertz CT molecular complexity index is 699. The summed E-state index contributed by atoms with van der Waals surface area (Å²) in [6.45, 7) is 1.35. The van der Waals surface area contributed by atoms with Gasteiger partial charge in [0.2, 0.25) is 5.88 Å². The average molecular weight is 268 g/mol. The van der Waals surface area contributed by atoms with Crippen LogP contribution in [0.15, 0.2) is 30.5 Å². The van der Waals surface area contributed by atoms with Crippen molar-refractivity contribution in [3.05, 3.63) is 41.6 Å². The number of fused-ring (bicyclic) bond motifs is 1. The number of aromatic nitrogens is 2. The molecule has 0 unspecified atom stereocenters. The highest BCUT2D eigenvalue weighted by molar-refractivity contribution is 6.05. The molecule has 0 saturated carbocycles. The number of ether oxygens (including phenoxy) is 1. The molecule has 0 radical (unpaired) electrons. The maximum absolute atomic E-state index is 12.2. The molecule has 2 heterocycles. The molecule has 0 aliphatic carbocycles. The number of nitrogens with one attached hydrogen (secondary N) is 1. The number of benzene rings is 1. The van der Waals surface area contributed by atoms with Gasteiger partial charge in [-0.2, -0.15) is 10.4 Å². The van der Waals surface area contributed by atoms with E-state index in [1.165, 1.54) is 6.20 Å². The van der Waals surface area contributed by atoms with Gasteiger partial charge in [0.05, 0.1) is 24.4 Å². The maximum atomic E-state index is 12.2. The number of hydrogen-bond acceptors (Lipinski definition) is 4. The molecule has 1 amide bonds. The Balaban J connectivity index is 1.83. The Hall–Kier alpha value is -2.81. The molecule has 1 aliphatic heterocycles. The van der Waals surface area contributed by atoms with Crippen molar-refractivity contribution in [3.8, 4) is 11.9 Å². The third-order valence-electron chi connectivity index (χ3n) is 3.04. The highest BCUT2D eigenvalue weighted by Gasteiger charge is 2.21. The van der Waals surface area contributed by atoms with Crippen LogP contribution >= 0.6 is 0 Å². The summed E-state index contributed by atoms with van der Waals surface area (Å²) in [5.74, 6) is 0.216. The fourth-order valence-electron chi connectivity index (χ4n) is 2.09. The van der Waals surface area contributed by atoms with Gasteiger partial charge in [-0.3, -0.25) is 4.79 Å². The summed E-state index contributed by atoms with van der Waals surface area (Å²) in [5.41, 5.74) is 1.48. The first kappa shape index (κ1) is 12.2. The van der Waals surface area contributed by atoms with Gasteiger partial charge < -0.3 is 10.1 Å². The van der Waals surface area contributed by atoms with Crippen molar-refractivity contribution >= 4 is 11.6 Å². The second kappa shape index (κ2) is 5.05. The number of hydrogen-bond donors (Lipinski definition) is 1. The zero-order valence-corrected chi connectivity index (χ0v) is 10.7.